The van der Waals surface area contributed by atoms with Gasteiger partial charge < -0.3 is 10.5 Å². The van der Waals surface area contributed by atoms with E-state index < -0.39 is 0 Å². The van der Waals surface area contributed by atoms with E-state index in [-0.39, 0.29) is 5.54 Å². The molecule has 0 amide bonds. The van der Waals surface area contributed by atoms with Crippen LogP contribution in [0, 0.1) is 11.8 Å². The molecule has 0 heterocycles. The Hall–Kier alpha value is -0.730. The Labute approximate surface area is 107 Å². The topological polar surface area (TPSA) is 35.2 Å². The van der Waals surface area contributed by atoms with Crippen molar-refractivity contribution < 1.29 is 4.74 Å². The molecule has 2 aliphatic rings. The Morgan fingerprint density at radius 1 is 1.29 bits per heavy atom. The minimum atomic E-state index is -0.160. The van der Waals surface area contributed by atoms with E-state index >= 15 is 0 Å². The number of methoxy groups -OCH3 is 1. The smallest absolute Gasteiger partial charge is 0.125 e. The molecule has 2 N–H and O–H groups in total. The molecular formula is C14H18ClNO. The number of fused-ring (bicyclic) bond motifs is 1. The number of benzene rings is 1. The van der Waals surface area contributed by atoms with Crippen molar-refractivity contribution >= 4 is 11.6 Å². The van der Waals surface area contributed by atoms with E-state index in [0.29, 0.717) is 16.9 Å². The molecule has 3 heteroatoms. The third-order valence-corrected chi connectivity index (χ3v) is 4.75. The number of nitrogens with two attached hydrogens (primary N) is 1. The van der Waals surface area contributed by atoms with E-state index in [1.807, 2.05) is 18.2 Å². The molecule has 0 aromatic heterocycles. The molecule has 3 rings (SSSR count). The Morgan fingerprint density at radius 2 is 1.94 bits per heavy atom. The van der Waals surface area contributed by atoms with Crippen LogP contribution in [-0.2, 0) is 5.54 Å². The molecule has 0 aliphatic heterocycles. The first-order valence-electron chi connectivity index (χ1n) is 6.31. The van der Waals surface area contributed by atoms with Gasteiger partial charge in [0.2, 0.25) is 0 Å². The van der Waals surface area contributed by atoms with Gasteiger partial charge in [-0.1, -0.05) is 30.5 Å². The zero-order valence-electron chi connectivity index (χ0n) is 10.1. The maximum atomic E-state index is 6.62. The molecule has 2 nitrogen and oxygen atoms in total. The summed E-state index contributed by atoms with van der Waals surface area (Å²) in [5.74, 6) is 2.13. The molecule has 17 heavy (non-hydrogen) atoms. The van der Waals surface area contributed by atoms with Gasteiger partial charge in [0.05, 0.1) is 12.6 Å². The van der Waals surface area contributed by atoms with E-state index in [1.165, 1.54) is 25.7 Å². The summed E-state index contributed by atoms with van der Waals surface area (Å²) in [4.78, 5) is 0. The zero-order chi connectivity index (χ0) is 12.0. The van der Waals surface area contributed by atoms with Crippen molar-refractivity contribution in [2.75, 3.05) is 7.11 Å². The van der Waals surface area contributed by atoms with Crippen LogP contribution in [0.1, 0.15) is 31.2 Å². The molecule has 0 spiro atoms. The van der Waals surface area contributed by atoms with E-state index in [1.54, 1.807) is 7.11 Å². The van der Waals surface area contributed by atoms with Gasteiger partial charge in [0.15, 0.2) is 0 Å². The summed E-state index contributed by atoms with van der Waals surface area (Å²) in [6.45, 7) is 0. The molecular weight excluding hydrogens is 234 g/mol. The van der Waals surface area contributed by atoms with Crippen LogP contribution in [0.3, 0.4) is 0 Å². The van der Waals surface area contributed by atoms with Gasteiger partial charge >= 0.3 is 0 Å². The van der Waals surface area contributed by atoms with Gasteiger partial charge in [0.25, 0.3) is 0 Å². The van der Waals surface area contributed by atoms with Gasteiger partial charge in [-0.3, -0.25) is 0 Å². The predicted molar refractivity (Wildman–Crippen MR) is 69.3 cm³/mol. The quantitative estimate of drug-likeness (QED) is 0.875. The minimum absolute atomic E-state index is 0.160. The van der Waals surface area contributed by atoms with Crippen molar-refractivity contribution in [3.63, 3.8) is 0 Å². The summed E-state index contributed by atoms with van der Waals surface area (Å²) in [6, 6.07) is 5.83. The number of hydrogen-bond acceptors (Lipinski definition) is 2. The maximum Gasteiger partial charge on any atom is 0.125 e. The summed E-state index contributed by atoms with van der Waals surface area (Å²) in [7, 11) is 1.69. The fourth-order valence-corrected chi connectivity index (χ4v) is 3.76. The second kappa shape index (κ2) is 3.89. The van der Waals surface area contributed by atoms with E-state index in [2.05, 4.69) is 0 Å². The van der Waals surface area contributed by atoms with Gasteiger partial charge in [-0.15, -0.1) is 0 Å². The van der Waals surface area contributed by atoms with Crippen LogP contribution < -0.4 is 10.5 Å². The highest BCUT2D eigenvalue weighted by Crippen LogP contribution is 2.64. The molecule has 0 saturated heterocycles. The fourth-order valence-electron chi connectivity index (χ4n) is 3.59. The first-order valence-corrected chi connectivity index (χ1v) is 6.68. The van der Waals surface area contributed by atoms with Gasteiger partial charge in [0.1, 0.15) is 5.75 Å². The standard InChI is InChI=1S/C14H18ClNO/c1-17-13-8-9(15)6-7-12(13)14(16)10-4-2-3-5-11(10)14/h6-8,10-11H,2-5,16H2,1H3. The number of ether oxygens (including phenoxy) is 1. The lowest BCUT2D eigenvalue weighted by Gasteiger charge is -2.16. The van der Waals surface area contributed by atoms with E-state index in [0.717, 1.165) is 11.3 Å². The fraction of sp³-hybridized carbons (Fsp3) is 0.571. The Kier molecular flexibility index (Phi) is 2.60. The summed E-state index contributed by atoms with van der Waals surface area (Å²) < 4.78 is 5.43. The largest absolute Gasteiger partial charge is 0.496 e. The van der Waals surface area contributed by atoms with E-state index in [9.17, 15) is 0 Å². The third kappa shape index (κ3) is 1.58. The van der Waals surface area contributed by atoms with Gasteiger partial charge in [-0.05, 0) is 36.8 Å². The first kappa shape index (κ1) is 11.4. The SMILES string of the molecule is COc1cc(Cl)ccc1C1(N)C2CCCCC21. The Morgan fingerprint density at radius 3 is 2.53 bits per heavy atom. The van der Waals surface area contributed by atoms with Crippen LogP contribution in [0.15, 0.2) is 18.2 Å². The van der Waals surface area contributed by atoms with Crippen molar-refractivity contribution in [3.05, 3.63) is 28.8 Å². The lowest BCUT2D eigenvalue weighted by atomic mass is 10.0. The minimum Gasteiger partial charge on any atom is -0.496 e. The molecule has 2 atom stereocenters. The molecule has 2 fully saturated rings. The lowest BCUT2D eigenvalue weighted by Crippen LogP contribution is -2.24. The van der Waals surface area contributed by atoms with E-state index in [4.69, 9.17) is 22.1 Å². The lowest BCUT2D eigenvalue weighted by molar-refractivity contribution is 0.400. The van der Waals surface area contributed by atoms with Crippen molar-refractivity contribution in [2.24, 2.45) is 17.6 Å². The van der Waals surface area contributed by atoms with Crippen LogP contribution in [-0.4, -0.2) is 7.11 Å². The van der Waals surface area contributed by atoms with Crippen LogP contribution in [0.4, 0.5) is 0 Å². The molecule has 1 aromatic rings. The average Bonchev–Trinajstić information content (AvgIpc) is 2.97. The molecule has 2 saturated carbocycles. The third-order valence-electron chi connectivity index (χ3n) is 4.51. The monoisotopic (exact) mass is 251 g/mol. The van der Waals surface area contributed by atoms with Gasteiger partial charge in [-0.2, -0.15) is 0 Å². The molecule has 92 valence electrons. The van der Waals surface area contributed by atoms with Crippen LogP contribution in [0.2, 0.25) is 5.02 Å². The number of rotatable bonds is 2. The van der Waals surface area contributed by atoms with Crippen LogP contribution in [0.25, 0.3) is 0 Å². The summed E-state index contributed by atoms with van der Waals surface area (Å²) in [6.07, 6.45) is 5.14. The molecule has 2 aliphatic carbocycles. The average molecular weight is 252 g/mol. The highest BCUT2D eigenvalue weighted by molar-refractivity contribution is 6.30. The Balaban J connectivity index is 1.99. The van der Waals surface area contributed by atoms with Gasteiger partial charge in [-0.25, -0.2) is 0 Å². The van der Waals surface area contributed by atoms with Crippen molar-refractivity contribution in [1.82, 2.24) is 0 Å². The maximum absolute atomic E-state index is 6.62. The van der Waals surface area contributed by atoms with Crippen molar-refractivity contribution in [1.29, 1.82) is 0 Å². The Bertz CT molecular complexity index is 434. The normalized spacial score (nSPS) is 35.2. The highest BCUT2D eigenvalue weighted by Gasteiger charge is 2.63. The first-order chi connectivity index (χ1) is 8.17. The number of halogens is 1. The second-order valence-corrected chi connectivity index (χ2v) is 5.71. The summed E-state index contributed by atoms with van der Waals surface area (Å²) in [5, 5.41) is 0.706. The zero-order valence-corrected chi connectivity index (χ0v) is 10.8. The molecule has 2 unspecified atom stereocenters. The summed E-state index contributed by atoms with van der Waals surface area (Å²) in [5.41, 5.74) is 7.60. The second-order valence-electron chi connectivity index (χ2n) is 5.28. The number of hydrogen-bond donors (Lipinski definition) is 1. The molecule has 1 aromatic carbocycles. The summed E-state index contributed by atoms with van der Waals surface area (Å²) >= 11 is 6.00. The van der Waals surface area contributed by atoms with Crippen molar-refractivity contribution in [2.45, 2.75) is 31.2 Å². The van der Waals surface area contributed by atoms with Crippen LogP contribution >= 0.6 is 11.6 Å². The molecule has 0 bridgehead atoms. The van der Waals surface area contributed by atoms with Crippen LogP contribution in [0.5, 0.6) is 5.75 Å². The van der Waals surface area contributed by atoms with Crippen molar-refractivity contribution in [3.8, 4) is 5.75 Å². The predicted octanol–water partition coefficient (Wildman–Crippen LogP) is 3.32. The molecule has 0 radical (unpaired) electrons. The van der Waals surface area contributed by atoms with Gasteiger partial charge in [0, 0.05) is 10.6 Å². The highest BCUT2D eigenvalue weighted by atomic mass is 35.5.